The van der Waals surface area contributed by atoms with Crippen LogP contribution in [0.1, 0.15) is 18.5 Å². The monoisotopic (exact) mass is 305 g/mol. The Morgan fingerprint density at radius 2 is 1.86 bits per heavy atom. The van der Waals surface area contributed by atoms with E-state index in [1.54, 1.807) is 30.6 Å². The highest BCUT2D eigenvalue weighted by molar-refractivity contribution is 7.89. The van der Waals surface area contributed by atoms with E-state index >= 15 is 0 Å². The first-order valence-electron chi connectivity index (χ1n) is 6.61. The smallest absolute Gasteiger partial charge is 0.244 e. The summed E-state index contributed by atoms with van der Waals surface area (Å²) in [5.74, 6) is 0. The predicted molar refractivity (Wildman–Crippen MR) is 83.6 cm³/mol. The van der Waals surface area contributed by atoms with E-state index in [1.807, 2.05) is 25.1 Å². The van der Waals surface area contributed by atoms with E-state index in [0.717, 1.165) is 5.56 Å². The second kappa shape index (κ2) is 6.24. The molecule has 5 nitrogen and oxygen atoms in total. The number of para-hydroxylation sites is 1. The molecule has 1 atom stereocenters. The summed E-state index contributed by atoms with van der Waals surface area (Å²) >= 11 is 0. The summed E-state index contributed by atoms with van der Waals surface area (Å²) in [7, 11) is -0.431. The number of sulfonamides is 1. The van der Waals surface area contributed by atoms with Gasteiger partial charge in [-0.3, -0.25) is 4.98 Å². The van der Waals surface area contributed by atoms with Gasteiger partial charge in [-0.15, -0.1) is 0 Å². The highest BCUT2D eigenvalue weighted by Crippen LogP contribution is 2.26. The Morgan fingerprint density at radius 3 is 2.48 bits per heavy atom. The van der Waals surface area contributed by atoms with E-state index in [-0.39, 0.29) is 10.9 Å². The Balaban J connectivity index is 2.34. The number of benzene rings is 1. The number of hydrogen-bond donors (Lipinski definition) is 1. The van der Waals surface area contributed by atoms with Gasteiger partial charge in [-0.1, -0.05) is 18.2 Å². The van der Waals surface area contributed by atoms with Crippen molar-refractivity contribution in [3.05, 3.63) is 54.4 Å². The fourth-order valence-electron chi connectivity index (χ4n) is 1.96. The van der Waals surface area contributed by atoms with Gasteiger partial charge in [0.1, 0.15) is 4.90 Å². The van der Waals surface area contributed by atoms with Crippen molar-refractivity contribution in [1.82, 2.24) is 9.29 Å². The van der Waals surface area contributed by atoms with E-state index < -0.39 is 10.0 Å². The Kier molecular flexibility index (Phi) is 4.59. The molecule has 0 aliphatic carbocycles. The van der Waals surface area contributed by atoms with Crippen LogP contribution in [-0.4, -0.2) is 31.8 Å². The summed E-state index contributed by atoms with van der Waals surface area (Å²) in [5.41, 5.74) is 1.58. The van der Waals surface area contributed by atoms with Gasteiger partial charge in [0.05, 0.1) is 11.7 Å². The molecule has 1 unspecified atom stereocenters. The van der Waals surface area contributed by atoms with Crippen LogP contribution in [0.5, 0.6) is 0 Å². The molecular formula is C15H19N3O2S. The Hall–Kier alpha value is -1.92. The van der Waals surface area contributed by atoms with Crippen LogP contribution >= 0.6 is 0 Å². The summed E-state index contributed by atoms with van der Waals surface area (Å²) in [6, 6.07) is 10.7. The number of anilines is 1. The van der Waals surface area contributed by atoms with Gasteiger partial charge in [0.25, 0.3) is 0 Å². The number of pyridine rings is 1. The minimum absolute atomic E-state index is 0.0442. The number of rotatable bonds is 5. The van der Waals surface area contributed by atoms with Gasteiger partial charge in [0.2, 0.25) is 10.0 Å². The van der Waals surface area contributed by atoms with Crippen molar-refractivity contribution in [2.45, 2.75) is 17.9 Å². The van der Waals surface area contributed by atoms with E-state index in [9.17, 15) is 8.42 Å². The van der Waals surface area contributed by atoms with E-state index in [1.165, 1.54) is 18.4 Å². The molecule has 0 saturated heterocycles. The molecule has 0 aliphatic heterocycles. The zero-order chi connectivity index (χ0) is 15.5. The summed E-state index contributed by atoms with van der Waals surface area (Å²) < 4.78 is 25.9. The topological polar surface area (TPSA) is 62.3 Å². The molecule has 0 saturated carbocycles. The first-order valence-corrected chi connectivity index (χ1v) is 8.05. The fraction of sp³-hybridized carbons (Fsp3) is 0.267. The van der Waals surface area contributed by atoms with Gasteiger partial charge in [-0.25, -0.2) is 12.7 Å². The third-order valence-electron chi connectivity index (χ3n) is 3.20. The van der Waals surface area contributed by atoms with Crippen molar-refractivity contribution in [3.63, 3.8) is 0 Å². The van der Waals surface area contributed by atoms with Gasteiger partial charge in [-0.05, 0) is 30.7 Å². The standard InChI is InChI=1S/C15H19N3O2S/c1-12(13-7-6-10-16-11-13)17-14-8-4-5-9-15(14)21(19,20)18(2)3/h4-12,17H,1-3H3. The molecule has 1 aromatic heterocycles. The molecular weight excluding hydrogens is 286 g/mol. The zero-order valence-electron chi connectivity index (χ0n) is 12.3. The first kappa shape index (κ1) is 15.5. The van der Waals surface area contributed by atoms with Crippen molar-refractivity contribution < 1.29 is 8.42 Å². The number of hydrogen-bond acceptors (Lipinski definition) is 4. The Morgan fingerprint density at radius 1 is 1.14 bits per heavy atom. The lowest BCUT2D eigenvalue weighted by Gasteiger charge is -2.20. The highest BCUT2D eigenvalue weighted by atomic mass is 32.2. The third-order valence-corrected chi connectivity index (χ3v) is 5.08. The molecule has 6 heteroatoms. The summed E-state index contributed by atoms with van der Waals surface area (Å²) in [5, 5.41) is 3.24. The van der Waals surface area contributed by atoms with Crippen molar-refractivity contribution in [2.75, 3.05) is 19.4 Å². The van der Waals surface area contributed by atoms with E-state index in [4.69, 9.17) is 0 Å². The summed E-state index contributed by atoms with van der Waals surface area (Å²) in [4.78, 5) is 4.35. The summed E-state index contributed by atoms with van der Waals surface area (Å²) in [6.45, 7) is 1.97. The molecule has 2 aromatic rings. The number of nitrogens with zero attached hydrogens (tertiary/aromatic N) is 2. The van der Waals surface area contributed by atoms with Crippen LogP contribution in [-0.2, 0) is 10.0 Å². The molecule has 2 rings (SSSR count). The molecule has 1 heterocycles. The van der Waals surface area contributed by atoms with Gasteiger partial charge in [-0.2, -0.15) is 0 Å². The Bertz CT molecular complexity index is 700. The lowest BCUT2D eigenvalue weighted by atomic mass is 10.1. The molecule has 1 aromatic carbocycles. The maximum absolute atomic E-state index is 12.3. The fourth-order valence-corrected chi connectivity index (χ4v) is 3.01. The lowest BCUT2D eigenvalue weighted by molar-refractivity contribution is 0.521. The number of aromatic nitrogens is 1. The number of nitrogens with one attached hydrogen (secondary N) is 1. The molecule has 0 amide bonds. The van der Waals surface area contributed by atoms with Gasteiger partial charge in [0, 0.05) is 26.5 Å². The minimum Gasteiger partial charge on any atom is -0.377 e. The van der Waals surface area contributed by atoms with Crippen molar-refractivity contribution in [3.8, 4) is 0 Å². The predicted octanol–water partition coefficient (Wildman–Crippen LogP) is 2.51. The molecule has 0 fully saturated rings. The van der Waals surface area contributed by atoms with Crippen LogP contribution in [0.15, 0.2) is 53.7 Å². The largest absolute Gasteiger partial charge is 0.377 e. The molecule has 112 valence electrons. The van der Waals surface area contributed by atoms with Crippen LogP contribution in [0.4, 0.5) is 5.69 Å². The van der Waals surface area contributed by atoms with Gasteiger partial charge in [0.15, 0.2) is 0 Å². The van der Waals surface area contributed by atoms with Crippen LogP contribution in [0.3, 0.4) is 0 Å². The van der Waals surface area contributed by atoms with E-state index in [2.05, 4.69) is 10.3 Å². The summed E-state index contributed by atoms with van der Waals surface area (Å²) in [6.07, 6.45) is 3.47. The van der Waals surface area contributed by atoms with Gasteiger partial charge < -0.3 is 5.32 Å². The van der Waals surface area contributed by atoms with Crippen molar-refractivity contribution in [1.29, 1.82) is 0 Å². The SMILES string of the molecule is CC(Nc1ccccc1S(=O)(=O)N(C)C)c1cccnc1. The van der Waals surface area contributed by atoms with Crippen LogP contribution in [0.25, 0.3) is 0 Å². The van der Waals surface area contributed by atoms with Crippen molar-refractivity contribution >= 4 is 15.7 Å². The normalized spacial score (nSPS) is 13.1. The molecule has 0 radical (unpaired) electrons. The second-order valence-electron chi connectivity index (χ2n) is 4.94. The van der Waals surface area contributed by atoms with Crippen molar-refractivity contribution in [2.24, 2.45) is 0 Å². The van der Waals surface area contributed by atoms with Gasteiger partial charge >= 0.3 is 0 Å². The quantitative estimate of drug-likeness (QED) is 0.922. The minimum atomic E-state index is -3.48. The first-order chi connectivity index (χ1) is 9.93. The molecule has 0 aliphatic rings. The second-order valence-corrected chi connectivity index (χ2v) is 7.06. The van der Waals surface area contributed by atoms with Crippen LogP contribution < -0.4 is 5.32 Å². The molecule has 0 bridgehead atoms. The highest BCUT2D eigenvalue weighted by Gasteiger charge is 2.21. The van der Waals surface area contributed by atoms with E-state index in [0.29, 0.717) is 5.69 Å². The van der Waals surface area contributed by atoms with Crippen LogP contribution in [0.2, 0.25) is 0 Å². The average Bonchev–Trinajstić information content (AvgIpc) is 2.48. The average molecular weight is 305 g/mol. The molecule has 0 spiro atoms. The third kappa shape index (κ3) is 3.40. The molecule has 1 N–H and O–H groups in total. The maximum atomic E-state index is 12.3. The zero-order valence-corrected chi connectivity index (χ0v) is 13.1. The lowest BCUT2D eigenvalue weighted by Crippen LogP contribution is -2.23. The Labute approximate surface area is 125 Å². The molecule has 21 heavy (non-hydrogen) atoms. The maximum Gasteiger partial charge on any atom is 0.244 e. The van der Waals surface area contributed by atoms with Crippen LogP contribution in [0, 0.1) is 0 Å².